The van der Waals surface area contributed by atoms with Crippen molar-refractivity contribution in [1.29, 1.82) is 0 Å². The molecule has 0 unspecified atom stereocenters. The van der Waals surface area contributed by atoms with Crippen molar-refractivity contribution in [2.75, 3.05) is 23.7 Å². The Morgan fingerprint density at radius 3 is 2.46 bits per heavy atom. The summed E-state index contributed by atoms with van der Waals surface area (Å²) in [5.41, 5.74) is 0.999. The molecule has 2 heterocycles. The monoisotopic (exact) mass is 348 g/mol. The van der Waals surface area contributed by atoms with Gasteiger partial charge < -0.3 is 16.0 Å². The lowest BCUT2D eigenvalue weighted by Crippen LogP contribution is -2.30. The maximum Gasteiger partial charge on any atom is 0.224 e. The number of hydrogen-bond donors (Lipinski definition) is 3. The number of rotatable bonds is 8. The van der Waals surface area contributed by atoms with Crippen LogP contribution in [-0.4, -0.2) is 33.9 Å². The summed E-state index contributed by atoms with van der Waals surface area (Å²) in [5.74, 6) is 2.04. The van der Waals surface area contributed by atoms with Crippen LogP contribution < -0.4 is 16.0 Å². The summed E-state index contributed by atoms with van der Waals surface area (Å²) in [4.78, 5) is 24.4. The van der Waals surface area contributed by atoms with E-state index in [1.807, 2.05) is 48.5 Å². The van der Waals surface area contributed by atoms with E-state index in [1.54, 1.807) is 12.3 Å². The highest BCUT2D eigenvalue weighted by Crippen LogP contribution is 2.13. The standard InChI is InChI=1S/C19H20N6O/c26-19(12-15-6-2-1-3-7-15)22-11-10-21-17-13-18(24-14-23-17)25-16-8-4-5-9-20-16/h1-9,13-14H,10-12H2,(H,22,26)(H2,20,21,23,24,25). The molecule has 2 aromatic heterocycles. The first-order chi connectivity index (χ1) is 12.8. The Labute approximate surface area is 151 Å². The third-order valence-electron chi connectivity index (χ3n) is 3.55. The van der Waals surface area contributed by atoms with Crippen LogP contribution in [0.15, 0.2) is 67.1 Å². The summed E-state index contributed by atoms with van der Waals surface area (Å²) >= 11 is 0. The molecule has 1 aromatic carbocycles. The second-order valence-corrected chi connectivity index (χ2v) is 5.57. The van der Waals surface area contributed by atoms with Crippen molar-refractivity contribution in [2.45, 2.75) is 6.42 Å². The number of benzene rings is 1. The molecule has 7 heteroatoms. The van der Waals surface area contributed by atoms with E-state index in [0.717, 1.165) is 5.56 Å². The fourth-order valence-electron chi connectivity index (χ4n) is 2.33. The number of carbonyl (C=O) groups is 1. The van der Waals surface area contributed by atoms with E-state index in [0.29, 0.717) is 37.0 Å². The molecule has 26 heavy (non-hydrogen) atoms. The van der Waals surface area contributed by atoms with Crippen molar-refractivity contribution in [2.24, 2.45) is 0 Å². The third kappa shape index (κ3) is 5.55. The SMILES string of the molecule is O=C(Cc1ccccc1)NCCNc1cc(Nc2ccccn2)ncn1. The molecule has 3 aromatic rings. The van der Waals surface area contributed by atoms with E-state index >= 15 is 0 Å². The van der Waals surface area contributed by atoms with Gasteiger partial charge in [-0.05, 0) is 17.7 Å². The van der Waals surface area contributed by atoms with Gasteiger partial charge in [-0.3, -0.25) is 4.79 Å². The number of nitrogens with zero attached hydrogens (tertiary/aromatic N) is 3. The first kappa shape index (κ1) is 17.3. The van der Waals surface area contributed by atoms with Crippen molar-refractivity contribution in [1.82, 2.24) is 20.3 Å². The van der Waals surface area contributed by atoms with Crippen LogP contribution in [0.1, 0.15) is 5.56 Å². The van der Waals surface area contributed by atoms with Crippen LogP contribution in [-0.2, 0) is 11.2 Å². The average Bonchev–Trinajstić information content (AvgIpc) is 2.67. The minimum atomic E-state index is -0.00167. The Kier molecular flexibility index (Phi) is 6.09. The summed E-state index contributed by atoms with van der Waals surface area (Å²) in [5, 5.41) is 9.16. The summed E-state index contributed by atoms with van der Waals surface area (Å²) in [6.45, 7) is 1.08. The molecule has 0 radical (unpaired) electrons. The Morgan fingerprint density at radius 2 is 1.65 bits per heavy atom. The molecular formula is C19H20N6O. The van der Waals surface area contributed by atoms with Gasteiger partial charge >= 0.3 is 0 Å². The van der Waals surface area contributed by atoms with Gasteiger partial charge in [0.05, 0.1) is 6.42 Å². The zero-order chi connectivity index (χ0) is 18.0. The predicted octanol–water partition coefficient (Wildman–Crippen LogP) is 2.39. The van der Waals surface area contributed by atoms with Crippen molar-refractivity contribution >= 4 is 23.4 Å². The number of aromatic nitrogens is 3. The second-order valence-electron chi connectivity index (χ2n) is 5.57. The summed E-state index contributed by atoms with van der Waals surface area (Å²) in [6.07, 6.45) is 3.56. The minimum Gasteiger partial charge on any atom is -0.368 e. The molecule has 0 atom stereocenters. The molecule has 0 aliphatic carbocycles. The van der Waals surface area contributed by atoms with E-state index < -0.39 is 0 Å². The van der Waals surface area contributed by atoms with Gasteiger partial charge in [0.15, 0.2) is 0 Å². The number of carbonyl (C=O) groups excluding carboxylic acids is 1. The van der Waals surface area contributed by atoms with Crippen molar-refractivity contribution in [3.05, 3.63) is 72.7 Å². The highest BCUT2D eigenvalue weighted by molar-refractivity contribution is 5.78. The van der Waals surface area contributed by atoms with Crippen LogP contribution in [0.4, 0.5) is 17.5 Å². The lowest BCUT2D eigenvalue weighted by molar-refractivity contribution is -0.120. The normalized spacial score (nSPS) is 10.2. The Balaban J connectivity index is 1.42. The molecule has 0 bridgehead atoms. The molecule has 7 nitrogen and oxygen atoms in total. The van der Waals surface area contributed by atoms with Gasteiger partial charge in [-0.2, -0.15) is 0 Å². The van der Waals surface area contributed by atoms with Gasteiger partial charge in [-0.25, -0.2) is 15.0 Å². The molecule has 0 saturated carbocycles. The molecular weight excluding hydrogens is 328 g/mol. The highest BCUT2D eigenvalue weighted by Gasteiger charge is 2.03. The quantitative estimate of drug-likeness (QED) is 0.541. The smallest absolute Gasteiger partial charge is 0.224 e. The van der Waals surface area contributed by atoms with Gasteiger partial charge in [-0.15, -0.1) is 0 Å². The van der Waals surface area contributed by atoms with Crippen molar-refractivity contribution < 1.29 is 4.79 Å². The van der Waals surface area contributed by atoms with Crippen LogP contribution in [0.3, 0.4) is 0 Å². The van der Waals surface area contributed by atoms with E-state index in [-0.39, 0.29) is 5.91 Å². The van der Waals surface area contributed by atoms with Crippen LogP contribution in [0.2, 0.25) is 0 Å². The fourth-order valence-corrected chi connectivity index (χ4v) is 2.33. The lowest BCUT2D eigenvalue weighted by atomic mass is 10.1. The predicted molar refractivity (Wildman–Crippen MR) is 101 cm³/mol. The molecule has 0 spiro atoms. The van der Waals surface area contributed by atoms with Gasteiger partial charge in [0.25, 0.3) is 0 Å². The Bertz CT molecular complexity index is 826. The van der Waals surface area contributed by atoms with Gasteiger partial charge in [0.2, 0.25) is 5.91 Å². The number of nitrogens with one attached hydrogen (secondary N) is 3. The van der Waals surface area contributed by atoms with Gasteiger partial charge in [0, 0.05) is 25.4 Å². The van der Waals surface area contributed by atoms with Crippen LogP contribution >= 0.6 is 0 Å². The molecule has 132 valence electrons. The average molecular weight is 348 g/mol. The third-order valence-corrected chi connectivity index (χ3v) is 3.55. The van der Waals surface area contributed by atoms with E-state index in [2.05, 4.69) is 30.9 Å². The highest BCUT2D eigenvalue weighted by atomic mass is 16.1. The van der Waals surface area contributed by atoms with Crippen molar-refractivity contribution in [3.63, 3.8) is 0 Å². The second kappa shape index (κ2) is 9.12. The molecule has 0 saturated heterocycles. The number of pyridine rings is 1. The first-order valence-corrected chi connectivity index (χ1v) is 8.34. The van der Waals surface area contributed by atoms with Crippen LogP contribution in [0.5, 0.6) is 0 Å². The molecule has 0 fully saturated rings. The number of amides is 1. The van der Waals surface area contributed by atoms with Crippen LogP contribution in [0, 0.1) is 0 Å². The Hall–Kier alpha value is -3.48. The molecule has 1 amide bonds. The molecule has 3 rings (SSSR count). The summed E-state index contributed by atoms with van der Waals surface area (Å²) in [7, 11) is 0. The lowest BCUT2D eigenvalue weighted by Gasteiger charge is -2.09. The first-order valence-electron chi connectivity index (χ1n) is 8.34. The van der Waals surface area contributed by atoms with Crippen LogP contribution in [0.25, 0.3) is 0 Å². The maximum absolute atomic E-state index is 11.9. The topological polar surface area (TPSA) is 91.8 Å². The van der Waals surface area contributed by atoms with E-state index in [9.17, 15) is 4.79 Å². The maximum atomic E-state index is 11.9. The molecule has 3 N–H and O–H groups in total. The zero-order valence-electron chi connectivity index (χ0n) is 14.2. The molecule has 0 aliphatic rings. The molecule has 0 aliphatic heterocycles. The number of anilines is 3. The summed E-state index contributed by atoms with van der Waals surface area (Å²) in [6, 6.07) is 17.1. The van der Waals surface area contributed by atoms with Crippen molar-refractivity contribution in [3.8, 4) is 0 Å². The van der Waals surface area contributed by atoms with Gasteiger partial charge in [0.1, 0.15) is 23.8 Å². The fraction of sp³-hybridized carbons (Fsp3) is 0.158. The van der Waals surface area contributed by atoms with E-state index in [4.69, 9.17) is 0 Å². The minimum absolute atomic E-state index is 0.00167. The number of hydrogen-bond acceptors (Lipinski definition) is 6. The Morgan fingerprint density at radius 1 is 0.846 bits per heavy atom. The summed E-state index contributed by atoms with van der Waals surface area (Å²) < 4.78 is 0. The van der Waals surface area contributed by atoms with E-state index in [1.165, 1.54) is 6.33 Å². The zero-order valence-corrected chi connectivity index (χ0v) is 14.2. The van der Waals surface area contributed by atoms with Gasteiger partial charge in [-0.1, -0.05) is 36.4 Å². The largest absolute Gasteiger partial charge is 0.368 e.